The predicted octanol–water partition coefficient (Wildman–Crippen LogP) is 3.72. The van der Waals surface area contributed by atoms with Crippen LogP contribution in [0.2, 0.25) is 0 Å². The van der Waals surface area contributed by atoms with E-state index in [1.54, 1.807) is 25.3 Å². The van der Waals surface area contributed by atoms with Crippen LogP contribution < -0.4 is 9.47 Å². The molecule has 0 aromatic heterocycles. The molecule has 1 fully saturated rings. The molecule has 0 spiro atoms. The minimum atomic E-state index is -1.72. The van der Waals surface area contributed by atoms with E-state index in [-0.39, 0.29) is 11.6 Å². The molecule has 2 aliphatic carbocycles. The maximum atomic E-state index is 10.0. The molecule has 2 aliphatic rings. The van der Waals surface area contributed by atoms with Crippen molar-refractivity contribution in [1.82, 2.24) is 0 Å². The summed E-state index contributed by atoms with van der Waals surface area (Å²) in [5, 5.41) is 38.3. The van der Waals surface area contributed by atoms with Crippen LogP contribution in [0.5, 0.6) is 11.5 Å². The van der Waals surface area contributed by atoms with E-state index in [2.05, 4.69) is 18.2 Å². The molecule has 1 N–H and O–H groups in total. The van der Waals surface area contributed by atoms with E-state index >= 15 is 0 Å². The highest BCUT2D eigenvalue weighted by atomic mass is 16.5. The van der Waals surface area contributed by atoms with Gasteiger partial charge in [0, 0.05) is 11.5 Å². The summed E-state index contributed by atoms with van der Waals surface area (Å²) in [4.78, 5) is 0. The molecule has 1 aromatic rings. The Morgan fingerprint density at radius 2 is 1.89 bits per heavy atom. The second kappa shape index (κ2) is 7.14. The van der Waals surface area contributed by atoms with E-state index in [4.69, 9.17) is 14.9 Å². The summed E-state index contributed by atoms with van der Waals surface area (Å²) in [6.07, 6.45) is 4.52. The first-order valence-corrected chi connectivity index (χ1v) is 8.80. The highest BCUT2D eigenvalue weighted by Gasteiger charge is 2.57. The minimum Gasteiger partial charge on any atom is -0.497 e. The minimum absolute atomic E-state index is 0.144. The number of benzene rings is 1. The van der Waals surface area contributed by atoms with E-state index in [0.29, 0.717) is 17.1 Å². The Bertz CT molecular complexity index is 915. The Kier molecular flexibility index (Phi) is 4.89. The molecule has 3 rings (SSSR count). The van der Waals surface area contributed by atoms with Crippen molar-refractivity contribution in [2.24, 2.45) is 17.3 Å². The SMILES string of the molecule is COc1ccc(OC)c([C@H]2[C@@H]3CCCC=C3[C@@H](C#N)C(=N)C2(C#N)C#N)c1. The van der Waals surface area contributed by atoms with Crippen molar-refractivity contribution >= 4 is 5.71 Å². The van der Waals surface area contributed by atoms with Crippen molar-refractivity contribution in [1.29, 1.82) is 21.2 Å². The smallest absolute Gasteiger partial charge is 0.189 e. The fourth-order valence-corrected chi connectivity index (χ4v) is 4.44. The zero-order chi connectivity index (χ0) is 19.6. The summed E-state index contributed by atoms with van der Waals surface area (Å²) in [6.45, 7) is 0. The number of rotatable bonds is 3. The second-order valence-corrected chi connectivity index (χ2v) is 6.83. The molecule has 136 valence electrons. The van der Waals surface area contributed by atoms with Gasteiger partial charge in [-0.05, 0) is 49.0 Å². The number of ether oxygens (including phenoxy) is 2. The van der Waals surface area contributed by atoms with Gasteiger partial charge in [0.2, 0.25) is 0 Å². The lowest BCUT2D eigenvalue weighted by Crippen LogP contribution is -2.48. The van der Waals surface area contributed by atoms with Crippen molar-refractivity contribution in [2.75, 3.05) is 14.2 Å². The Balaban J connectivity index is 2.32. The number of hydrogen-bond donors (Lipinski definition) is 1. The molecule has 0 aliphatic heterocycles. The summed E-state index contributed by atoms with van der Waals surface area (Å²) >= 11 is 0. The van der Waals surface area contributed by atoms with Crippen LogP contribution in [0.1, 0.15) is 30.7 Å². The van der Waals surface area contributed by atoms with Crippen LogP contribution in [0.4, 0.5) is 0 Å². The monoisotopic (exact) mass is 360 g/mol. The molecule has 6 nitrogen and oxygen atoms in total. The first kappa shape index (κ1) is 18.5. The molecule has 27 heavy (non-hydrogen) atoms. The molecule has 6 heteroatoms. The predicted molar refractivity (Wildman–Crippen MR) is 98.2 cm³/mol. The van der Waals surface area contributed by atoms with Crippen LogP contribution in [-0.2, 0) is 0 Å². The van der Waals surface area contributed by atoms with Crippen molar-refractivity contribution in [2.45, 2.75) is 25.2 Å². The molecular weight excluding hydrogens is 340 g/mol. The third-order valence-corrected chi connectivity index (χ3v) is 5.70. The first-order valence-electron chi connectivity index (χ1n) is 8.80. The number of nitrogens with one attached hydrogen (secondary N) is 1. The molecule has 0 saturated heterocycles. The largest absolute Gasteiger partial charge is 0.497 e. The highest BCUT2D eigenvalue weighted by molar-refractivity contribution is 6.01. The van der Waals surface area contributed by atoms with Gasteiger partial charge >= 0.3 is 0 Å². The summed E-state index contributed by atoms with van der Waals surface area (Å²) in [7, 11) is 3.09. The van der Waals surface area contributed by atoms with E-state index < -0.39 is 17.3 Å². The zero-order valence-electron chi connectivity index (χ0n) is 15.3. The second-order valence-electron chi connectivity index (χ2n) is 6.83. The average molecular weight is 360 g/mol. The highest BCUT2D eigenvalue weighted by Crippen LogP contribution is 2.56. The average Bonchev–Trinajstić information content (AvgIpc) is 2.72. The van der Waals surface area contributed by atoms with Crippen LogP contribution in [0.15, 0.2) is 29.8 Å². The number of nitrogens with zero attached hydrogens (tertiary/aromatic N) is 3. The van der Waals surface area contributed by atoms with Crippen molar-refractivity contribution in [3.63, 3.8) is 0 Å². The number of fused-ring (bicyclic) bond motifs is 1. The van der Waals surface area contributed by atoms with Gasteiger partial charge in [0.05, 0.1) is 38.1 Å². The lowest BCUT2D eigenvalue weighted by Gasteiger charge is -2.46. The molecule has 0 radical (unpaired) electrons. The topological polar surface area (TPSA) is 114 Å². The Labute approximate surface area is 158 Å². The molecule has 1 aromatic carbocycles. The maximum Gasteiger partial charge on any atom is 0.189 e. The summed E-state index contributed by atoms with van der Waals surface area (Å²) in [6, 6.07) is 11.6. The molecule has 3 atom stereocenters. The molecule has 0 bridgehead atoms. The third kappa shape index (κ3) is 2.64. The third-order valence-electron chi connectivity index (χ3n) is 5.70. The molecular formula is C21H20N4O2. The number of hydrogen-bond acceptors (Lipinski definition) is 6. The normalized spacial score (nSPS) is 25.8. The standard InChI is InChI=1S/C21H20N4O2/c1-26-13-7-8-18(27-2)16(9-13)19-15-6-4-3-5-14(15)17(10-22)20(25)21(19,11-23)12-24/h5,7-9,15,17,19,25H,3-4,6H2,1-2H3/t15-,17-,19-/m1/s1. The van der Waals surface area contributed by atoms with Crippen molar-refractivity contribution in [3.05, 3.63) is 35.4 Å². The van der Waals surface area contributed by atoms with Gasteiger partial charge in [-0.1, -0.05) is 6.08 Å². The fourth-order valence-electron chi connectivity index (χ4n) is 4.44. The van der Waals surface area contributed by atoms with E-state index in [0.717, 1.165) is 24.8 Å². The van der Waals surface area contributed by atoms with Crippen LogP contribution in [0, 0.1) is 56.7 Å². The van der Waals surface area contributed by atoms with Gasteiger partial charge < -0.3 is 14.9 Å². The lowest BCUT2D eigenvalue weighted by atomic mass is 9.53. The Morgan fingerprint density at radius 1 is 1.15 bits per heavy atom. The van der Waals surface area contributed by atoms with Crippen LogP contribution in [0.3, 0.4) is 0 Å². The first-order chi connectivity index (χ1) is 13.1. The molecule has 1 saturated carbocycles. The molecule has 0 amide bonds. The molecule has 0 heterocycles. The molecule has 0 unspecified atom stereocenters. The quantitative estimate of drug-likeness (QED) is 0.825. The summed E-state index contributed by atoms with van der Waals surface area (Å²) in [5.41, 5.74) is -0.350. The van der Waals surface area contributed by atoms with Gasteiger partial charge in [-0.15, -0.1) is 0 Å². The van der Waals surface area contributed by atoms with Crippen molar-refractivity contribution < 1.29 is 9.47 Å². The van der Waals surface area contributed by atoms with Crippen molar-refractivity contribution in [3.8, 4) is 29.7 Å². The maximum absolute atomic E-state index is 10.0. The van der Waals surface area contributed by atoms with Gasteiger partial charge in [-0.3, -0.25) is 0 Å². The van der Waals surface area contributed by atoms with E-state index in [1.807, 2.05) is 6.08 Å². The van der Waals surface area contributed by atoms with E-state index in [1.165, 1.54) is 7.11 Å². The van der Waals surface area contributed by atoms with Crippen LogP contribution >= 0.6 is 0 Å². The van der Waals surface area contributed by atoms with Crippen LogP contribution in [-0.4, -0.2) is 19.9 Å². The van der Waals surface area contributed by atoms with Gasteiger partial charge in [0.15, 0.2) is 5.41 Å². The van der Waals surface area contributed by atoms with Gasteiger partial charge in [0.25, 0.3) is 0 Å². The van der Waals surface area contributed by atoms with Crippen LogP contribution in [0.25, 0.3) is 0 Å². The Morgan fingerprint density at radius 3 is 2.48 bits per heavy atom. The summed E-state index contributed by atoms with van der Waals surface area (Å²) < 4.78 is 10.9. The number of nitriles is 3. The van der Waals surface area contributed by atoms with Gasteiger partial charge in [-0.25, -0.2) is 0 Å². The zero-order valence-corrected chi connectivity index (χ0v) is 15.3. The van der Waals surface area contributed by atoms with Gasteiger partial charge in [-0.2, -0.15) is 15.8 Å². The number of methoxy groups -OCH3 is 2. The fraction of sp³-hybridized carbons (Fsp3) is 0.429. The lowest BCUT2D eigenvalue weighted by molar-refractivity contribution is 0.307. The van der Waals surface area contributed by atoms with E-state index in [9.17, 15) is 15.8 Å². The Hall–Kier alpha value is -3.30. The van der Waals surface area contributed by atoms with Gasteiger partial charge in [0.1, 0.15) is 17.4 Å². The number of allylic oxidation sites excluding steroid dienone is 2. The summed E-state index contributed by atoms with van der Waals surface area (Å²) in [5.74, 6) is -0.462.